The molecular formula is C19H18ClF3N2O3S. The molecule has 156 valence electrons. The molecule has 2 rings (SSSR count). The Labute approximate surface area is 176 Å². The van der Waals surface area contributed by atoms with Gasteiger partial charge in [-0.2, -0.15) is 13.2 Å². The van der Waals surface area contributed by atoms with Crippen molar-refractivity contribution in [1.82, 2.24) is 5.32 Å². The zero-order valence-corrected chi connectivity index (χ0v) is 16.9. The van der Waals surface area contributed by atoms with E-state index in [4.69, 9.17) is 33.3 Å². The van der Waals surface area contributed by atoms with Crippen LogP contribution in [0.3, 0.4) is 0 Å². The number of para-hydroxylation sites is 1. The van der Waals surface area contributed by atoms with E-state index < -0.39 is 17.6 Å². The molecule has 0 spiro atoms. The maximum absolute atomic E-state index is 12.9. The number of halogens is 4. The van der Waals surface area contributed by atoms with Crippen LogP contribution >= 0.6 is 23.8 Å². The second-order valence-corrected chi connectivity index (χ2v) is 6.46. The van der Waals surface area contributed by atoms with Crippen LogP contribution < -0.4 is 15.4 Å². The van der Waals surface area contributed by atoms with E-state index in [0.717, 1.165) is 18.2 Å². The molecule has 2 N–H and O–H groups in total. The highest BCUT2D eigenvalue weighted by molar-refractivity contribution is 7.80. The highest BCUT2D eigenvalue weighted by Crippen LogP contribution is 2.33. The third-order valence-electron chi connectivity index (χ3n) is 3.59. The maximum Gasteiger partial charge on any atom is 0.416 e. The fourth-order valence-corrected chi connectivity index (χ4v) is 2.62. The molecule has 2 aromatic carbocycles. The number of nitrogens with one attached hydrogen (secondary N) is 2. The smallest absolute Gasteiger partial charge is 0.416 e. The molecule has 0 aliphatic heterocycles. The standard InChI is InChI=1S/C19H18ClF3N2O3S/c1-2-27-9-10-28-16-6-4-3-5-13(16)17(26)25-18(29)24-15-11-12(19(21,22)23)7-8-14(15)20/h3-8,11H,2,9-10H2,1H3,(H2,24,25,26,29). The Morgan fingerprint density at radius 1 is 1.17 bits per heavy atom. The first-order valence-corrected chi connectivity index (χ1v) is 9.29. The molecule has 1 amide bonds. The van der Waals surface area contributed by atoms with Crippen molar-refractivity contribution in [1.29, 1.82) is 0 Å². The molecule has 0 bridgehead atoms. The molecular weight excluding hydrogens is 429 g/mol. The molecule has 5 nitrogen and oxygen atoms in total. The van der Waals surface area contributed by atoms with Gasteiger partial charge in [-0.3, -0.25) is 10.1 Å². The SMILES string of the molecule is CCOCCOc1ccccc1C(=O)NC(=S)Nc1cc(C(F)(F)F)ccc1Cl. The number of thiocarbonyl (C=S) groups is 1. The first-order chi connectivity index (χ1) is 13.7. The molecule has 0 aliphatic carbocycles. The molecule has 2 aromatic rings. The van der Waals surface area contributed by atoms with E-state index in [1.807, 2.05) is 6.92 Å². The van der Waals surface area contributed by atoms with Crippen LogP contribution in [0.2, 0.25) is 5.02 Å². The second-order valence-electron chi connectivity index (χ2n) is 5.64. The van der Waals surface area contributed by atoms with E-state index in [9.17, 15) is 18.0 Å². The molecule has 0 atom stereocenters. The number of amides is 1. The average molecular weight is 447 g/mol. The monoisotopic (exact) mass is 446 g/mol. The van der Waals surface area contributed by atoms with Gasteiger partial charge in [0.25, 0.3) is 5.91 Å². The lowest BCUT2D eigenvalue weighted by Crippen LogP contribution is -2.34. The zero-order chi connectivity index (χ0) is 21.4. The fraction of sp³-hybridized carbons (Fsp3) is 0.263. The first kappa shape index (κ1) is 22.9. The predicted molar refractivity (Wildman–Crippen MR) is 109 cm³/mol. The zero-order valence-electron chi connectivity index (χ0n) is 15.3. The van der Waals surface area contributed by atoms with Crippen LogP contribution in [-0.4, -0.2) is 30.8 Å². The van der Waals surface area contributed by atoms with E-state index in [0.29, 0.717) is 19.0 Å². The van der Waals surface area contributed by atoms with Crippen LogP contribution in [0.15, 0.2) is 42.5 Å². The lowest BCUT2D eigenvalue weighted by Gasteiger charge is -2.15. The summed E-state index contributed by atoms with van der Waals surface area (Å²) in [5.41, 5.74) is -0.761. The lowest BCUT2D eigenvalue weighted by atomic mass is 10.2. The van der Waals surface area contributed by atoms with Gasteiger partial charge in [-0.1, -0.05) is 23.7 Å². The molecule has 0 aromatic heterocycles. The van der Waals surface area contributed by atoms with Gasteiger partial charge in [-0.05, 0) is 49.5 Å². The van der Waals surface area contributed by atoms with Gasteiger partial charge in [-0.15, -0.1) is 0 Å². The quantitative estimate of drug-likeness (QED) is 0.468. The summed E-state index contributed by atoms with van der Waals surface area (Å²) in [7, 11) is 0. The van der Waals surface area contributed by atoms with E-state index in [-0.39, 0.29) is 28.0 Å². The summed E-state index contributed by atoms with van der Waals surface area (Å²) in [6.45, 7) is 3.01. The Hall–Kier alpha value is -2.36. The van der Waals surface area contributed by atoms with Gasteiger partial charge < -0.3 is 14.8 Å². The van der Waals surface area contributed by atoms with Crippen molar-refractivity contribution >= 4 is 40.5 Å². The van der Waals surface area contributed by atoms with Crippen molar-refractivity contribution in [2.75, 3.05) is 25.1 Å². The normalized spacial score (nSPS) is 11.1. The van der Waals surface area contributed by atoms with Gasteiger partial charge in [0.05, 0.1) is 28.4 Å². The van der Waals surface area contributed by atoms with Crippen molar-refractivity contribution in [2.24, 2.45) is 0 Å². The van der Waals surface area contributed by atoms with E-state index in [2.05, 4.69) is 10.6 Å². The molecule has 0 fully saturated rings. The number of ether oxygens (including phenoxy) is 2. The average Bonchev–Trinajstić information content (AvgIpc) is 2.66. The van der Waals surface area contributed by atoms with Crippen molar-refractivity contribution < 1.29 is 27.4 Å². The maximum atomic E-state index is 12.9. The second kappa shape index (κ2) is 10.4. The summed E-state index contributed by atoms with van der Waals surface area (Å²) < 4.78 is 49.3. The lowest BCUT2D eigenvalue weighted by molar-refractivity contribution is -0.137. The van der Waals surface area contributed by atoms with E-state index >= 15 is 0 Å². The third-order valence-corrected chi connectivity index (χ3v) is 4.12. The van der Waals surface area contributed by atoms with Crippen LogP contribution in [0, 0.1) is 0 Å². The molecule has 0 saturated heterocycles. The number of hydrogen-bond donors (Lipinski definition) is 2. The van der Waals surface area contributed by atoms with E-state index in [1.165, 1.54) is 6.07 Å². The first-order valence-electron chi connectivity index (χ1n) is 8.51. The number of hydrogen-bond acceptors (Lipinski definition) is 4. The van der Waals surface area contributed by atoms with Crippen LogP contribution in [0.25, 0.3) is 0 Å². The summed E-state index contributed by atoms with van der Waals surface area (Å²) in [6.07, 6.45) is -4.54. The van der Waals surface area contributed by atoms with Gasteiger partial charge in [-0.25, -0.2) is 0 Å². The number of benzene rings is 2. The Balaban J connectivity index is 2.06. The summed E-state index contributed by atoms with van der Waals surface area (Å²) in [5.74, 6) is -0.262. The summed E-state index contributed by atoms with van der Waals surface area (Å²) >= 11 is 10.9. The fourth-order valence-electron chi connectivity index (χ4n) is 2.26. The number of anilines is 1. The van der Waals surface area contributed by atoms with Gasteiger partial charge in [0.1, 0.15) is 12.4 Å². The number of alkyl halides is 3. The van der Waals surface area contributed by atoms with Gasteiger partial charge in [0.2, 0.25) is 0 Å². The summed E-state index contributed by atoms with van der Waals surface area (Å²) in [5, 5.41) is 4.73. The summed E-state index contributed by atoms with van der Waals surface area (Å²) in [6, 6.07) is 9.25. The van der Waals surface area contributed by atoms with Crippen LogP contribution in [0.1, 0.15) is 22.8 Å². The predicted octanol–water partition coefficient (Wildman–Crippen LogP) is 4.90. The molecule has 0 saturated carbocycles. The van der Waals surface area contributed by atoms with Crippen LogP contribution in [-0.2, 0) is 10.9 Å². The topological polar surface area (TPSA) is 59.6 Å². The Bertz CT molecular complexity index is 878. The minimum Gasteiger partial charge on any atom is -0.490 e. The number of carbonyl (C=O) groups is 1. The van der Waals surface area contributed by atoms with Gasteiger partial charge in [0.15, 0.2) is 5.11 Å². The van der Waals surface area contributed by atoms with Crippen molar-refractivity contribution in [3.05, 3.63) is 58.6 Å². The minimum absolute atomic E-state index is 0.0225. The Morgan fingerprint density at radius 3 is 2.59 bits per heavy atom. The Kier molecular flexibility index (Phi) is 8.24. The van der Waals surface area contributed by atoms with Gasteiger partial charge >= 0.3 is 6.18 Å². The largest absolute Gasteiger partial charge is 0.490 e. The van der Waals surface area contributed by atoms with Gasteiger partial charge in [0, 0.05) is 6.61 Å². The molecule has 0 radical (unpaired) electrons. The highest BCUT2D eigenvalue weighted by Gasteiger charge is 2.31. The van der Waals surface area contributed by atoms with E-state index in [1.54, 1.807) is 18.2 Å². The highest BCUT2D eigenvalue weighted by atomic mass is 35.5. The molecule has 0 aliphatic rings. The molecule has 29 heavy (non-hydrogen) atoms. The number of rotatable bonds is 7. The van der Waals surface area contributed by atoms with Crippen LogP contribution in [0.4, 0.5) is 18.9 Å². The summed E-state index contributed by atoms with van der Waals surface area (Å²) in [4.78, 5) is 12.5. The third kappa shape index (κ3) is 6.88. The Morgan fingerprint density at radius 2 is 1.90 bits per heavy atom. The van der Waals surface area contributed by atoms with Crippen LogP contribution in [0.5, 0.6) is 5.75 Å². The van der Waals surface area contributed by atoms with Crippen molar-refractivity contribution in [3.63, 3.8) is 0 Å². The number of carbonyl (C=O) groups excluding carboxylic acids is 1. The minimum atomic E-state index is -4.54. The molecule has 0 heterocycles. The van der Waals surface area contributed by atoms with Crippen molar-refractivity contribution in [2.45, 2.75) is 13.1 Å². The molecule has 0 unspecified atom stereocenters. The molecule has 10 heteroatoms. The van der Waals surface area contributed by atoms with Crippen molar-refractivity contribution in [3.8, 4) is 5.75 Å².